The number of rotatable bonds is 2. The van der Waals surface area contributed by atoms with Crippen molar-refractivity contribution in [1.29, 1.82) is 0 Å². The summed E-state index contributed by atoms with van der Waals surface area (Å²) < 4.78 is 0.827. The van der Waals surface area contributed by atoms with E-state index in [0.29, 0.717) is 16.3 Å². The Morgan fingerprint density at radius 3 is 2.50 bits per heavy atom. The number of carbonyl (C=O) groups excluding carboxylic acids is 1. The zero-order chi connectivity index (χ0) is 13.1. The topological polar surface area (TPSA) is 49.3 Å². The van der Waals surface area contributed by atoms with Crippen LogP contribution in [0.4, 0.5) is 5.69 Å². The Hall–Kier alpha value is -1.27. The number of phenols is 1. The summed E-state index contributed by atoms with van der Waals surface area (Å²) in [4.78, 5) is 12.0. The molecule has 0 aliphatic heterocycles. The number of anilines is 1. The lowest BCUT2D eigenvalue weighted by Gasteiger charge is -2.07. The Morgan fingerprint density at radius 1 is 1.17 bits per heavy atom. The molecule has 2 N–H and O–H groups in total. The predicted molar refractivity (Wildman–Crippen MR) is 80.2 cm³/mol. The molecule has 2 aromatic rings. The first-order chi connectivity index (χ1) is 8.56. The van der Waals surface area contributed by atoms with Crippen molar-refractivity contribution in [2.24, 2.45) is 0 Å². The molecular formula is C13H9ClINO2. The van der Waals surface area contributed by atoms with Crippen molar-refractivity contribution < 1.29 is 9.90 Å². The van der Waals surface area contributed by atoms with Crippen LogP contribution < -0.4 is 5.32 Å². The van der Waals surface area contributed by atoms with E-state index in [4.69, 9.17) is 16.7 Å². The first-order valence-electron chi connectivity index (χ1n) is 5.12. The lowest BCUT2D eigenvalue weighted by Crippen LogP contribution is -2.13. The summed E-state index contributed by atoms with van der Waals surface area (Å²) in [7, 11) is 0. The van der Waals surface area contributed by atoms with Gasteiger partial charge in [0.2, 0.25) is 0 Å². The van der Waals surface area contributed by atoms with E-state index in [-0.39, 0.29) is 11.7 Å². The van der Waals surface area contributed by atoms with Gasteiger partial charge in [-0.25, -0.2) is 0 Å². The fourth-order valence-corrected chi connectivity index (χ4v) is 2.17. The van der Waals surface area contributed by atoms with Crippen LogP contribution in [0.1, 0.15) is 10.4 Å². The highest BCUT2D eigenvalue weighted by Gasteiger charge is 2.10. The minimum Gasteiger partial charge on any atom is -0.508 e. The molecule has 18 heavy (non-hydrogen) atoms. The summed E-state index contributed by atoms with van der Waals surface area (Å²) in [5.41, 5.74) is 1.14. The van der Waals surface area contributed by atoms with Crippen LogP contribution in [0, 0.1) is 3.57 Å². The quantitative estimate of drug-likeness (QED) is 0.619. The average Bonchev–Trinajstić information content (AvgIpc) is 2.35. The van der Waals surface area contributed by atoms with Gasteiger partial charge in [0.25, 0.3) is 5.91 Å². The summed E-state index contributed by atoms with van der Waals surface area (Å²) in [6, 6.07) is 11.4. The Balaban J connectivity index is 2.21. The third-order valence-corrected chi connectivity index (χ3v) is 3.47. The number of hydrogen-bond acceptors (Lipinski definition) is 2. The standard InChI is InChI=1S/C13H9ClINO2/c14-8-1-6-12(15)11(7-8)13(18)16-9-2-4-10(17)5-3-9/h1-7,17H,(H,16,18). The van der Waals surface area contributed by atoms with Crippen LogP contribution in [0.5, 0.6) is 5.75 Å². The zero-order valence-electron chi connectivity index (χ0n) is 9.15. The van der Waals surface area contributed by atoms with Crippen molar-refractivity contribution in [3.05, 3.63) is 56.6 Å². The third-order valence-electron chi connectivity index (χ3n) is 2.30. The SMILES string of the molecule is O=C(Nc1ccc(O)cc1)c1cc(Cl)ccc1I. The van der Waals surface area contributed by atoms with Gasteiger partial charge in [-0.15, -0.1) is 0 Å². The number of amides is 1. The summed E-state index contributed by atoms with van der Waals surface area (Å²) in [5.74, 6) is -0.0714. The number of carbonyl (C=O) groups is 1. The van der Waals surface area contributed by atoms with Gasteiger partial charge in [0.15, 0.2) is 0 Å². The molecule has 5 heteroatoms. The Kier molecular flexibility index (Phi) is 4.08. The van der Waals surface area contributed by atoms with E-state index >= 15 is 0 Å². The fourth-order valence-electron chi connectivity index (χ4n) is 1.41. The van der Waals surface area contributed by atoms with Gasteiger partial charge in [-0.3, -0.25) is 4.79 Å². The van der Waals surface area contributed by atoms with Gasteiger partial charge in [-0.2, -0.15) is 0 Å². The van der Waals surface area contributed by atoms with Crippen LogP contribution in [0.25, 0.3) is 0 Å². The van der Waals surface area contributed by atoms with Crippen molar-refractivity contribution in [2.75, 3.05) is 5.32 Å². The number of halogens is 2. The average molecular weight is 374 g/mol. The highest BCUT2D eigenvalue weighted by Crippen LogP contribution is 2.20. The summed E-state index contributed by atoms with van der Waals surface area (Å²) in [6.45, 7) is 0. The predicted octanol–water partition coefficient (Wildman–Crippen LogP) is 3.90. The van der Waals surface area contributed by atoms with Gasteiger partial charge in [0, 0.05) is 14.3 Å². The largest absolute Gasteiger partial charge is 0.508 e. The van der Waals surface area contributed by atoms with Crippen molar-refractivity contribution in [3.8, 4) is 5.75 Å². The van der Waals surface area contributed by atoms with Gasteiger partial charge >= 0.3 is 0 Å². The van der Waals surface area contributed by atoms with Gasteiger partial charge in [-0.1, -0.05) is 11.6 Å². The fraction of sp³-hybridized carbons (Fsp3) is 0. The molecule has 0 fully saturated rings. The molecule has 0 spiro atoms. The lowest BCUT2D eigenvalue weighted by molar-refractivity contribution is 0.102. The second kappa shape index (κ2) is 5.58. The van der Waals surface area contributed by atoms with Gasteiger partial charge < -0.3 is 10.4 Å². The first-order valence-corrected chi connectivity index (χ1v) is 6.57. The van der Waals surface area contributed by atoms with Gasteiger partial charge in [0.05, 0.1) is 5.56 Å². The number of nitrogens with one attached hydrogen (secondary N) is 1. The number of aromatic hydroxyl groups is 1. The van der Waals surface area contributed by atoms with Crippen LogP contribution in [0.2, 0.25) is 5.02 Å². The monoisotopic (exact) mass is 373 g/mol. The minimum absolute atomic E-state index is 0.158. The maximum atomic E-state index is 12.0. The Labute approximate surface area is 123 Å². The molecule has 1 amide bonds. The van der Waals surface area contributed by atoms with E-state index in [1.54, 1.807) is 30.3 Å². The lowest BCUT2D eigenvalue weighted by atomic mass is 10.2. The second-order valence-corrected chi connectivity index (χ2v) is 5.22. The molecule has 92 valence electrons. The number of phenolic OH excluding ortho intramolecular Hbond substituents is 1. The second-order valence-electron chi connectivity index (χ2n) is 3.63. The molecule has 0 radical (unpaired) electrons. The highest BCUT2D eigenvalue weighted by atomic mass is 127. The van der Waals surface area contributed by atoms with E-state index in [1.807, 2.05) is 0 Å². The molecule has 0 atom stereocenters. The molecule has 2 rings (SSSR count). The van der Waals surface area contributed by atoms with E-state index in [0.717, 1.165) is 3.57 Å². The van der Waals surface area contributed by atoms with Crippen LogP contribution >= 0.6 is 34.2 Å². The molecule has 2 aromatic carbocycles. The van der Waals surface area contributed by atoms with Crippen LogP contribution in [0.15, 0.2) is 42.5 Å². The zero-order valence-corrected chi connectivity index (χ0v) is 12.1. The van der Waals surface area contributed by atoms with Crippen LogP contribution in [-0.2, 0) is 0 Å². The molecule has 0 heterocycles. The van der Waals surface area contributed by atoms with Crippen LogP contribution in [-0.4, -0.2) is 11.0 Å². The maximum Gasteiger partial charge on any atom is 0.256 e. The van der Waals surface area contributed by atoms with Crippen molar-refractivity contribution in [2.45, 2.75) is 0 Å². The van der Waals surface area contributed by atoms with E-state index in [2.05, 4.69) is 27.9 Å². The van der Waals surface area contributed by atoms with Crippen molar-refractivity contribution >= 4 is 45.8 Å². The molecule has 0 unspecified atom stereocenters. The molecule has 0 bridgehead atoms. The third kappa shape index (κ3) is 3.14. The molecule has 0 aromatic heterocycles. The van der Waals surface area contributed by atoms with Crippen molar-refractivity contribution in [1.82, 2.24) is 0 Å². The Bertz CT molecular complexity index is 584. The van der Waals surface area contributed by atoms with Gasteiger partial charge in [-0.05, 0) is 65.1 Å². The summed E-state index contributed by atoms with van der Waals surface area (Å²) in [5, 5.41) is 12.4. The summed E-state index contributed by atoms with van der Waals surface area (Å²) >= 11 is 7.95. The first kappa shape index (κ1) is 13.2. The van der Waals surface area contributed by atoms with Gasteiger partial charge in [0.1, 0.15) is 5.75 Å². The molecule has 0 saturated carbocycles. The molecular weight excluding hydrogens is 365 g/mol. The van der Waals surface area contributed by atoms with E-state index in [9.17, 15) is 4.79 Å². The molecule has 0 aliphatic carbocycles. The number of benzene rings is 2. The smallest absolute Gasteiger partial charge is 0.256 e. The maximum absolute atomic E-state index is 12.0. The molecule has 3 nitrogen and oxygen atoms in total. The molecule has 0 aliphatic rings. The van der Waals surface area contributed by atoms with Crippen molar-refractivity contribution in [3.63, 3.8) is 0 Å². The summed E-state index contributed by atoms with van der Waals surface area (Å²) in [6.07, 6.45) is 0. The van der Waals surface area contributed by atoms with Crippen LogP contribution in [0.3, 0.4) is 0 Å². The highest BCUT2D eigenvalue weighted by molar-refractivity contribution is 14.1. The normalized spacial score (nSPS) is 10.1. The minimum atomic E-state index is -0.229. The van der Waals surface area contributed by atoms with E-state index in [1.165, 1.54) is 12.1 Å². The van der Waals surface area contributed by atoms with E-state index < -0.39 is 0 Å². The number of hydrogen-bond donors (Lipinski definition) is 2. The molecule has 0 saturated heterocycles. The Morgan fingerprint density at radius 2 is 1.83 bits per heavy atom.